The molecule has 0 unspecified atom stereocenters. The summed E-state index contributed by atoms with van der Waals surface area (Å²) in [5.74, 6) is -0.328. The Morgan fingerprint density at radius 3 is 2.19 bits per heavy atom. The minimum absolute atomic E-state index is 0.0230. The zero-order valence-corrected chi connectivity index (χ0v) is 16.1. The van der Waals surface area contributed by atoms with Crippen LogP contribution in [0.4, 0.5) is 0 Å². The molecule has 0 aliphatic carbocycles. The van der Waals surface area contributed by atoms with E-state index in [4.69, 9.17) is 9.47 Å². The predicted octanol–water partition coefficient (Wildman–Crippen LogP) is 3.71. The lowest BCUT2D eigenvalue weighted by molar-refractivity contribution is -0.240. The van der Waals surface area contributed by atoms with E-state index in [9.17, 15) is 0 Å². The van der Waals surface area contributed by atoms with Gasteiger partial charge in [0.1, 0.15) is 0 Å². The highest BCUT2D eigenvalue weighted by Crippen LogP contribution is 2.25. The molecule has 1 aliphatic rings. The molecule has 0 aromatic heterocycles. The molecule has 0 N–H and O–H groups in total. The van der Waals surface area contributed by atoms with Crippen molar-refractivity contribution < 1.29 is 9.47 Å². The van der Waals surface area contributed by atoms with Crippen molar-refractivity contribution in [3.05, 3.63) is 0 Å². The molecule has 1 heterocycles. The molecule has 0 bridgehead atoms. The molecular weight excluding hydrogens is 278 g/mol. The summed E-state index contributed by atoms with van der Waals surface area (Å²) < 4.78 is 14.9. The summed E-state index contributed by atoms with van der Waals surface area (Å²) in [5.41, 5.74) is 0. The lowest BCUT2D eigenvalue weighted by atomic mass is 10.0. The van der Waals surface area contributed by atoms with Crippen LogP contribution in [-0.4, -0.2) is 46.3 Å². The van der Waals surface area contributed by atoms with E-state index in [1.54, 1.807) is 0 Å². The van der Waals surface area contributed by atoms with Gasteiger partial charge >= 0.3 is 0 Å². The predicted molar refractivity (Wildman–Crippen MR) is 93.5 cm³/mol. The fourth-order valence-corrected chi connectivity index (χ4v) is 5.18. The minimum Gasteiger partial charge on any atom is -0.349 e. The molecule has 126 valence electrons. The van der Waals surface area contributed by atoms with Crippen LogP contribution in [0.15, 0.2) is 0 Å². The second-order valence-electron chi connectivity index (χ2n) is 6.28. The first-order valence-electron chi connectivity index (χ1n) is 9.26. The van der Waals surface area contributed by atoms with Crippen molar-refractivity contribution in [2.75, 3.05) is 26.3 Å². The van der Waals surface area contributed by atoms with E-state index in [-0.39, 0.29) is 15.5 Å². The zero-order chi connectivity index (χ0) is 15.4. The first kappa shape index (κ1) is 19.1. The van der Waals surface area contributed by atoms with Crippen molar-refractivity contribution in [2.24, 2.45) is 0 Å². The van der Waals surface area contributed by atoms with Crippen LogP contribution < -0.4 is 0 Å². The SMILES string of the molecule is CCCCCCCCC(CN1CCC[SiH2]1)(OCC)OCC. The summed E-state index contributed by atoms with van der Waals surface area (Å²) in [4.78, 5) is 0. The topological polar surface area (TPSA) is 21.7 Å². The van der Waals surface area contributed by atoms with Crippen LogP contribution in [-0.2, 0) is 9.47 Å². The second kappa shape index (κ2) is 11.6. The molecule has 4 heteroatoms. The second-order valence-corrected chi connectivity index (χ2v) is 8.33. The molecule has 3 nitrogen and oxygen atoms in total. The van der Waals surface area contributed by atoms with Crippen LogP contribution in [0.3, 0.4) is 0 Å². The van der Waals surface area contributed by atoms with Gasteiger partial charge in [-0.05, 0) is 39.3 Å². The molecule has 1 aliphatic heterocycles. The van der Waals surface area contributed by atoms with Gasteiger partial charge < -0.3 is 14.0 Å². The van der Waals surface area contributed by atoms with E-state index in [1.807, 2.05) is 0 Å². The molecule has 0 radical (unpaired) electrons. The van der Waals surface area contributed by atoms with Crippen molar-refractivity contribution >= 4 is 9.68 Å². The van der Waals surface area contributed by atoms with Crippen LogP contribution in [0.5, 0.6) is 0 Å². The first-order chi connectivity index (χ1) is 10.3. The van der Waals surface area contributed by atoms with E-state index in [0.717, 1.165) is 26.2 Å². The zero-order valence-electron chi connectivity index (χ0n) is 14.7. The van der Waals surface area contributed by atoms with Crippen LogP contribution in [0.25, 0.3) is 0 Å². The summed E-state index contributed by atoms with van der Waals surface area (Å²) in [6.07, 6.45) is 10.4. The highest BCUT2D eigenvalue weighted by Gasteiger charge is 2.34. The lowest BCUT2D eigenvalue weighted by Gasteiger charge is -2.37. The maximum Gasteiger partial charge on any atom is 0.180 e. The Kier molecular flexibility index (Phi) is 10.6. The molecule has 21 heavy (non-hydrogen) atoms. The Balaban J connectivity index is 2.40. The lowest BCUT2D eigenvalue weighted by Crippen LogP contribution is -2.47. The van der Waals surface area contributed by atoms with Crippen molar-refractivity contribution in [1.29, 1.82) is 0 Å². The molecule has 1 fully saturated rings. The number of ether oxygens (including phenoxy) is 2. The molecule has 0 atom stereocenters. The quantitative estimate of drug-likeness (QED) is 0.294. The summed E-state index contributed by atoms with van der Waals surface area (Å²) in [7, 11) is -0.0230. The Bertz CT molecular complexity index is 239. The van der Waals surface area contributed by atoms with E-state index in [0.29, 0.717) is 0 Å². The fraction of sp³-hybridized carbons (Fsp3) is 1.00. The third kappa shape index (κ3) is 7.77. The summed E-state index contributed by atoms with van der Waals surface area (Å²) in [6.45, 7) is 10.2. The Hall–Kier alpha value is 0.0969. The van der Waals surface area contributed by atoms with Gasteiger partial charge in [-0.1, -0.05) is 39.0 Å². The van der Waals surface area contributed by atoms with Gasteiger partial charge in [-0.3, -0.25) is 0 Å². The van der Waals surface area contributed by atoms with Gasteiger partial charge in [0.05, 0.1) is 9.68 Å². The number of unbranched alkanes of at least 4 members (excludes halogenated alkanes) is 5. The first-order valence-corrected chi connectivity index (χ1v) is 10.9. The smallest absolute Gasteiger partial charge is 0.180 e. The molecule has 1 rings (SSSR count). The molecular formula is C17H37NO2Si. The molecule has 1 saturated heterocycles. The summed E-state index contributed by atoms with van der Waals surface area (Å²) >= 11 is 0. The van der Waals surface area contributed by atoms with E-state index < -0.39 is 0 Å². The molecule has 0 aromatic rings. The summed E-state index contributed by atoms with van der Waals surface area (Å²) in [6, 6.07) is 1.46. The van der Waals surface area contributed by atoms with E-state index in [2.05, 4.69) is 25.3 Å². The largest absolute Gasteiger partial charge is 0.349 e. The van der Waals surface area contributed by atoms with Gasteiger partial charge in [0.2, 0.25) is 0 Å². The van der Waals surface area contributed by atoms with Gasteiger partial charge in [0.15, 0.2) is 5.79 Å². The van der Waals surface area contributed by atoms with Gasteiger partial charge in [0.25, 0.3) is 0 Å². The van der Waals surface area contributed by atoms with Gasteiger partial charge in [-0.25, -0.2) is 0 Å². The van der Waals surface area contributed by atoms with Gasteiger partial charge in [-0.15, -0.1) is 0 Å². The van der Waals surface area contributed by atoms with Crippen molar-refractivity contribution in [3.63, 3.8) is 0 Å². The number of hydrogen-bond donors (Lipinski definition) is 0. The standard InChI is InChI=1S/C17H37NO2Si/c1-4-7-8-9-10-11-13-17(19-5-2,20-6-3)16-18-14-12-15-21-18/h4-16,21H2,1-3H3. The highest BCUT2D eigenvalue weighted by molar-refractivity contribution is 6.32. The van der Waals surface area contributed by atoms with E-state index in [1.165, 1.54) is 57.5 Å². The van der Waals surface area contributed by atoms with Crippen LogP contribution in [0.2, 0.25) is 6.04 Å². The van der Waals surface area contributed by atoms with Gasteiger partial charge in [-0.2, -0.15) is 0 Å². The molecule has 0 amide bonds. The fourth-order valence-electron chi connectivity index (χ4n) is 3.34. The third-order valence-corrected chi connectivity index (χ3v) is 6.38. The van der Waals surface area contributed by atoms with Crippen molar-refractivity contribution in [2.45, 2.75) is 84.0 Å². The van der Waals surface area contributed by atoms with Crippen LogP contribution in [0, 0.1) is 0 Å². The Morgan fingerprint density at radius 1 is 0.952 bits per heavy atom. The average Bonchev–Trinajstić information content (AvgIpc) is 2.96. The third-order valence-electron chi connectivity index (χ3n) is 4.39. The van der Waals surface area contributed by atoms with Gasteiger partial charge in [0, 0.05) is 26.2 Å². The Morgan fingerprint density at radius 2 is 1.62 bits per heavy atom. The highest BCUT2D eigenvalue weighted by atomic mass is 28.2. The molecule has 0 aromatic carbocycles. The monoisotopic (exact) mass is 315 g/mol. The molecule has 0 saturated carbocycles. The maximum atomic E-state index is 6.12. The normalized spacial score (nSPS) is 17.9. The number of hydrogen-bond acceptors (Lipinski definition) is 3. The van der Waals surface area contributed by atoms with E-state index >= 15 is 0 Å². The van der Waals surface area contributed by atoms with Crippen molar-refractivity contribution in [1.82, 2.24) is 4.57 Å². The summed E-state index contributed by atoms with van der Waals surface area (Å²) in [5, 5.41) is 0. The molecule has 0 spiro atoms. The van der Waals surface area contributed by atoms with Crippen LogP contribution >= 0.6 is 0 Å². The van der Waals surface area contributed by atoms with Crippen LogP contribution in [0.1, 0.15) is 72.1 Å². The average molecular weight is 316 g/mol. The maximum absolute atomic E-state index is 6.12. The van der Waals surface area contributed by atoms with Crippen molar-refractivity contribution in [3.8, 4) is 0 Å². The number of rotatable bonds is 13. The number of nitrogens with zero attached hydrogens (tertiary/aromatic N) is 1. The minimum atomic E-state index is -0.328. The Labute approximate surface area is 134 Å².